The second kappa shape index (κ2) is 8.83. The van der Waals surface area contributed by atoms with Gasteiger partial charge in [0, 0.05) is 29.0 Å². The minimum Gasteiger partial charge on any atom is -0.474 e. The van der Waals surface area contributed by atoms with Gasteiger partial charge in [0.1, 0.15) is 12.3 Å². The van der Waals surface area contributed by atoms with Gasteiger partial charge in [-0.25, -0.2) is 15.0 Å². The van der Waals surface area contributed by atoms with Crippen molar-refractivity contribution in [3.05, 3.63) is 85.5 Å². The number of aromatic nitrogens is 3. The fourth-order valence-corrected chi connectivity index (χ4v) is 3.66. The van der Waals surface area contributed by atoms with Gasteiger partial charge in [-0.3, -0.25) is 0 Å². The molecule has 3 aromatic rings. The van der Waals surface area contributed by atoms with E-state index in [0.717, 1.165) is 45.5 Å². The molecule has 0 aliphatic carbocycles. The summed E-state index contributed by atoms with van der Waals surface area (Å²) in [5.41, 5.74) is 5.85. The highest BCUT2D eigenvalue weighted by atomic mass is 16.5. The zero-order valence-electron chi connectivity index (χ0n) is 17.8. The van der Waals surface area contributed by atoms with Crippen molar-refractivity contribution < 1.29 is 4.74 Å². The topological polar surface area (TPSA) is 63.2 Å². The molecular weight excluding hydrogens is 386 g/mol. The van der Waals surface area contributed by atoms with Crippen LogP contribution in [0.3, 0.4) is 0 Å². The van der Waals surface area contributed by atoms with E-state index in [1.807, 2.05) is 49.8 Å². The lowest BCUT2D eigenvalue weighted by Gasteiger charge is -2.29. The summed E-state index contributed by atoms with van der Waals surface area (Å²) in [6.07, 6.45) is 13.0. The second-order valence-electron chi connectivity index (χ2n) is 7.12. The number of anilines is 2. The maximum absolute atomic E-state index is 5.74. The van der Waals surface area contributed by atoms with E-state index in [0.29, 0.717) is 18.4 Å². The third-order valence-corrected chi connectivity index (χ3v) is 5.14. The number of pyridine rings is 1. The predicted molar refractivity (Wildman–Crippen MR) is 127 cm³/mol. The molecule has 156 valence electrons. The van der Waals surface area contributed by atoms with Crippen LogP contribution in [-0.4, -0.2) is 28.1 Å². The summed E-state index contributed by atoms with van der Waals surface area (Å²) in [7, 11) is 0. The Bertz CT molecular complexity index is 1210. The van der Waals surface area contributed by atoms with Crippen LogP contribution in [-0.2, 0) is 0 Å². The molecule has 2 aromatic heterocycles. The highest BCUT2D eigenvalue weighted by molar-refractivity contribution is 5.86. The smallest absolute Gasteiger partial charge is 0.238 e. The Morgan fingerprint density at radius 2 is 2.10 bits per heavy atom. The number of hydrogen-bond acceptors (Lipinski definition) is 6. The summed E-state index contributed by atoms with van der Waals surface area (Å²) in [6.45, 7) is 13.1. The molecule has 0 bridgehead atoms. The predicted octanol–water partition coefficient (Wildman–Crippen LogP) is 5.40. The normalized spacial score (nSPS) is 13.7. The van der Waals surface area contributed by atoms with Crippen molar-refractivity contribution in [2.24, 2.45) is 0 Å². The van der Waals surface area contributed by atoms with Crippen molar-refractivity contribution in [2.75, 3.05) is 23.4 Å². The molecule has 0 spiro atoms. The van der Waals surface area contributed by atoms with E-state index >= 15 is 0 Å². The molecule has 0 fully saturated rings. The first-order valence-electron chi connectivity index (χ1n) is 10.2. The van der Waals surface area contributed by atoms with E-state index in [-0.39, 0.29) is 0 Å². The van der Waals surface area contributed by atoms with Crippen LogP contribution >= 0.6 is 0 Å². The van der Waals surface area contributed by atoms with Crippen molar-refractivity contribution in [1.82, 2.24) is 15.0 Å². The van der Waals surface area contributed by atoms with E-state index < -0.39 is 0 Å². The molecule has 3 heterocycles. The molecule has 0 saturated heterocycles. The summed E-state index contributed by atoms with van der Waals surface area (Å²) >= 11 is 0. The van der Waals surface area contributed by atoms with Crippen molar-refractivity contribution in [3.63, 3.8) is 0 Å². The summed E-state index contributed by atoms with van der Waals surface area (Å²) in [5, 5.41) is 4.20. The van der Waals surface area contributed by atoms with E-state index in [1.165, 1.54) is 0 Å². The average molecular weight is 412 g/mol. The lowest BCUT2D eigenvalue weighted by Crippen LogP contribution is -2.29. The Kier molecular flexibility index (Phi) is 5.80. The highest BCUT2D eigenvalue weighted by Gasteiger charge is 2.22. The zero-order valence-corrected chi connectivity index (χ0v) is 17.8. The maximum Gasteiger partial charge on any atom is 0.238 e. The summed E-state index contributed by atoms with van der Waals surface area (Å²) < 4.78 is 5.74. The number of ether oxygens (including phenoxy) is 1. The third-order valence-electron chi connectivity index (χ3n) is 5.14. The first-order chi connectivity index (χ1) is 15.1. The van der Waals surface area contributed by atoms with Gasteiger partial charge in [-0.2, -0.15) is 0 Å². The Balaban J connectivity index is 1.75. The molecule has 6 nitrogen and oxygen atoms in total. The van der Waals surface area contributed by atoms with Gasteiger partial charge >= 0.3 is 0 Å². The zero-order chi connectivity index (χ0) is 21.8. The van der Waals surface area contributed by atoms with Gasteiger partial charge in [0.15, 0.2) is 0 Å². The van der Waals surface area contributed by atoms with Crippen LogP contribution in [0.25, 0.3) is 22.0 Å². The van der Waals surface area contributed by atoms with E-state index in [4.69, 9.17) is 9.72 Å². The molecule has 31 heavy (non-hydrogen) atoms. The van der Waals surface area contributed by atoms with Crippen molar-refractivity contribution in [1.29, 1.82) is 0 Å². The number of nitrogens with zero attached hydrogens (tertiary/aromatic N) is 4. The lowest BCUT2D eigenvalue weighted by atomic mass is 9.99. The van der Waals surface area contributed by atoms with Crippen molar-refractivity contribution >= 4 is 22.5 Å². The standard InChI is InChI=1S/C25H25N5O/c1-5-8-20(9-6-2)28-25-27-15-19-11-10-18(14-22(19)29-25)21-16-26-24-23(17(21)4)30(7-3)12-13-31-24/h5-11,14-16H,1,3,12-13H2,2,4H3,(H,27,28,29)/b9-6-,20-8+. The second-order valence-corrected chi connectivity index (χ2v) is 7.12. The molecule has 1 aliphatic heterocycles. The molecule has 1 N–H and O–H groups in total. The van der Waals surface area contributed by atoms with Crippen LogP contribution in [0.1, 0.15) is 12.5 Å². The van der Waals surface area contributed by atoms with Crippen LogP contribution in [0.2, 0.25) is 0 Å². The first kappa shape index (κ1) is 20.3. The van der Waals surface area contributed by atoms with Gasteiger partial charge in [-0.1, -0.05) is 37.4 Å². The SMILES string of the molecule is C=C/C=C(\C=C/C)Nc1ncc2ccc(-c3cnc4c(c3C)N(C=C)CCO4)cc2n1. The molecule has 0 unspecified atom stereocenters. The molecule has 0 amide bonds. The van der Waals surface area contributed by atoms with E-state index in [9.17, 15) is 0 Å². The van der Waals surface area contributed by atoms with E-state index in [2.05, 4.69) is 52.4 Å². The maximum atomic E-state index is 5.74. The highest BCUT2D eigenvalue weighted by Crippen LogP contribution is 2.38. The number of nitrogens with one attached hydrogen (secondary N) is 1. The molecule has 0 saturated carbocycles. The number of allylic oxidation sites excluding steroid dienone is 4. The molecule has 4 rings (SSSR count). The average Bonchev–Trinajstić information content (AvgIpc) is 2.79. The Labute approximate surface area is 182 Å². The van der Waals surface area contributed by atoms with Crippen LogP contribution in [0.15, 0.2) is 80.0 Å². The van der Waals surface area contributed by atoms with Crippen LogP contribution in [0.5, 0.6) is 5.88 Å². The molecule has 1 aliphatic rings. The van der Waals surface area contributed by atoms with Gasteiger partial charge in [-0.15, -0.1) is 0 Å². The van der Waals surface area contributed by atoms with Crippen LogP contribution < -0.4 is 15.0 Å². The number of hydrogen-bond donors (Lipinski definition) is 1. The van der Waals surface area contributed by atoms with Gasteiger partial charge in [-0.05, 0) is 49.4 Å². The largest absolute Gasteiger partial charge is 0.474 e. The first-order valence-corrected chi connectivity index (χ1v) is 10.2. The number of rotatable bonds is 6. The molecule has 0 atom stereocenters. The number of fused-ring (bicyclic) bond motifs is 2. The quantitative estimate of drug-likeness (QED) is 0.548. The third kappa shape index (κ3) is 4.05. The summed E-state index contributed by atoms with van der Waals surface area (Å²) in [4.78, 5) is 15.8. The summed E-state index contributed by atoms with van der Waals surface area (Å²) in [6, 6.07) is 6.16. The Hall–Kier alpha value is -3.93. The molecule has 6 heteroatoms. The Morgan fingerprint density at radius 3 is 2.87 bits per heavy atom. The van der Waals surface area contributed by atoms with Gasteiger partial charge in [0.05, 0.1) is 12.1 Å². The molecule has 1 aromatic carbocycles. The molecule has 0 radical (unpaired) electrons. The fourth-order valence-electron chi connectivity index (χ4n) is 3.66. The van der Waals surface area contributed by atoms with E-state index in [1.54, 1.807) is 6.08 Å². The number of benzene rings is 1. The van der Waals surface area contributed by atoms with Crippen molar-refractivity contribution in [3.8, 4) is 17.0 Å². The summed E-state index contributed by atoms with van der Waals surface area (Å²) in [5.74, 6) is 1.18. The fraction of sp³-hybridized carbons (Fsp3) is 0.160. The van der Waals surface area contributed by atoms with Gasteiger partial charge in [0.2, 0.25) is 11.8 Å². The minimum absolute atomic E-state index is 0.530. The monoisotopic (exact) mass is 411 g/mol. The van der Waals surface area contributed by atoms with Gasteiger partial charge < -0.3 is 15.0 Å². The molecular formula is C25H25N5O. The lowest BCUT2D eigenvalue weighted by molar-refractivity contribution is 0.300. The van der Waals surface area contributed by atoms with Crippen molar-refractivity contribution in [2.45, 2.75) is 13.8 Å². The van der Waals surface area contributed by atoms with Gasteiger partial charge in [0.25, 0.3) is 0 Å². The Morgan fingerprint density at radius 1 is 1.23 bits per heavy atom. The minimum atomic E-state index is 0.530. The van der Waals surface area contributed by atoms with Crippen LogP contribution in [0.4, 0.5) is 11.6 Å². The van der Waals surface area contributed by atoms with Crippen LogP contribution in [0, 0.1) is 6.92 Å².